The van der Waals surface area contributed by atoms with Crippen LogP contribution in [-0.2, 0) is 5.41 Å². The summed E-state index contributed by atoms with van der Waals surface area (Å²) in [5.41, 5.74) is 1.26. The van der Waals surface area contributed by atoms with Gasteiger partial charge in [-0.3, -0.25) is 0 Å². The van der Waals surface area contributed by atoms with Crippen LogP contribution in [0.5, 0.6) is 0 Å². The Morgan fingerprint density at radius 1 is 1.50 bits per heavy atom. The third-order valence-electron chi connectivity index (χ3n) is 2.75. The maximum absolute atomic E-state index is 13.2. The second-order valence-electron chi connectivity index (χ2n) is 3.78. The van der Waals surface area contributed by atoms with Crippen LogP contribution in [0, 0.1) is 24.1 Å². The van der Waals surface area contributed by atoms with Crippen molar-refractivity contribution in [2.45, 2.75) is 25.2 Å². The summed E-state index contributed by atoms with van der Waals surface area (Å²) in [5.74, 6) is -0.436. The van der Waals surface area contributed by atoms with E-state index in [1.165, 1.54) is 6.07 Å². The van der Waals surface area contributed by atoms with Crippen molar-refractivity contribution in [1.29, 1.82) is 5.26 Å². The molecule has 1 aliphatic carbocycles. The minimum atomic E-state index is -0.436. The van der Waals surface area contributed by atoms with Gasteiger partial charge in [-0.25, -0.2) is 4.39 Å². The van der Waals surface area contributed by atoms with E-state index in [0.29, 0.717) is 0 Å². The molecule has 1 aromatic rings. The van der Waals surface area contributed by atoms with Crippen LogP contribution in [0.1, 0.15) is 24.0 Å². The van der Waals surface area contributed by atoms with E-state index < -0.39 is 11.2 Å². The van der Waals surface area contributed by atoms with Crippen LogP contribution in [0.4, 0.5) is 4.39 Å². The second-order valence-corrected chi connectivity index (χ2v) is 4.18. The van der Waals surface area contributed by atoms with Gasteiger partial charge in [0.1, 0.15) is 5.82 Å². The first-order chi connectivity index (χ1) is 6.59. The fourth-order valence-electron chi connectivity index (χ4n) is 1.73. The summed E-state index contributed by atoms with van der Waals surface area (Å²) >= 11 is 5.64. The average molecular weight is 210 g/mol. The molecule has 72 valence electrons. The normalized spacial score (nSPS) is 17.6. The first kappa shape index (κ1) is 9.48. The summed E-state index contributed by atoms with van der Waals surface area (Å²) in [6.07, 6.45) is 1.65. The maximum Gasteiger partial charge on any atom is 0.142 e. The van der Waals surface area contributed by atoms with Crippen molar-refractivity contribution < 1.29 is 4.39 Å². The molecule has 0 N–H and O–H groups in total. The third kappa shape index (κ3) is 1.29. The highest BCUT2D eigenvalue weighted by atomic mass is 35.5. The van der Waals surface area contributed by atoms with Crippen molar-refractivity contribution >= 4 is 11.6 Å². The van der Waals surface area contributed by atoms with Gasteiger partial charge in [0.2, 0.25) is 0 Å². The van der Waals surface area contributed by atoms with Crippen LogP contribution in [0.2, 0.25) is 5.02 Å². The van der Waals surface area contributed by atoms with Gasteiger partial charge in [-0.2, -0.15) is 5.26 Å². The Kier molecular flexibility index (Phi) is 2.01. The van der Waals surface area contributed by atoms with Crippen LogP contribution < -0.4 is 0 Å². The molecule has 0 spiro atoms. The highest BCUT2D eigenvalue weighted by molar-refractivity contribution is 6.30. The Morgan fingerprint density at radius 2 is 2.14 bits per heavy atom. The van der Waals surface area contributed by atoms with E-state index in [1.54, 1.807) is 6.07 Å². The number of hydrogen-bond acceptors (Lipinski definition) is 1. The number of nitrogens with zero attached hydrogens (tertiary/aromatic N) is 1. The minimum Gasteiger partial charge on any atom is -0.205 e. The smallest absolute Gasteiger partial charge is 0.142 e. The zero-order valence-electron chi connectivity index (χ0n) is 7.77. The van der Waals surface area contributed by atoms with Gasteiger partial charge < -0.3 is 0 Å². The molecule has 0 saturated heterocycles. The standard InChI is InChI=1S/C11H9ClFN/c1-7-4-9(12)10(13)5-8(7)11(6-14)2-3-11/h4-5H,2-3H2,1H3. The number of rotatable bonds is 1. The first-order valence-electron chi connectivity index (χ1n) is 4.46. The summed E-state index contributed by atoms with van der Waals surface area (Å²) in [7, 11) is 0. The predicted molar refractivity (Wildman–Crippen MR) is 52.7 cm³/mol. The van der Waals surface area contributed by atoms with Gasteiger partial charge in [0.05, 0.1) is 16.5 Å². The number of benzene rings is 1. The Hall–Kier alpha value is -1.07. The molecule has 2 rings (SSSR count). The van der Waals surface area contributed by atoms with E-state index in [9.17, 15) is 4.39 Å². The van der Waals surface area contributed by atoms with Gasteiger partial charge in [0.25, 0.3) is 0 Å². The fourth-order valence-corrected chi connectivity index (χ4v) is 1.95. The fraction of sp³-hybridized carbons (Fsp3) is 0.364. The molecule has 1 aromatic carbocycles. The molecule has 14 heavy (non-hydrogen) atoms. The second kappa shape index (κ2) is 2.96. The lowest BCUT2D eigenvalue weighted by Gasteiger charge is -2.10. The van der Waals surface area contributed by atoms with E-state index in [-0.39, 0.29) is 5.02 Å². The molecule has 0 radical (unpaired) electrons. The largest absolute Gasteiger partial charge is 0.205 e. The lowest BCUT2D eigenvalue weighted by molar-refractivity contribution is 0.623. The lowest BCUT2D eigenvalue weighted by atomic mass is 9.93. The molecule has 0 bridgehead atoms. The van der Waals surface area contributed by atoms with Crippen molar-refractivity contribution in [3.8, 4) is 6.07 Å². The van der Waals surface area contributed by atoms with Gasteiger partial charge in [0.15, 0.2) is 0 Å². The van der Waals surface area contributed by atoms with Crippen molar-refractivity contribution in [2.24, 2.45) is 0 Å². The monoisotopic (exact) mass is 209 g/mol. The molecule has 1 nitrogen and oxygen atoms in total. The molecule has 0 amide bonds. The molecule has 0 atom stereocenters. The van der Waals surface area contributed by atoms with Crippen LogP contribution >= 0.6 is 11.6 Å². The van der Waals surface area contributed by atoms with Crippen LogP contribution in [0.25, 0.3) is 0 Å². The molecule has 3 heteroatoms. The van der Waals surface area contributed by atoms with Crippen LogP contribution in [0.15, 0.2) is 12.1 Å². The summed E-state index contributed by atoms with van der Waals surface area (Å²) < 4.78 is 13.2. The molecular formula is C11H9ClFN. The minimum absolute atomic E-state index is 0.125. The average Bonchev–Trinajstić information content (AvgIpc) is 2.92. The van der Waals surface area contributed by atoms with Gasteiger partial charge in [-0.1, -0.05) is 11.6 Å². The Morgan fingerprint density at radius 3 is 2.64 bits per heavy atom. The molecule has 0 heterocycles. The molecule has 0 unspecified atom stereocenters. The van der Waals surface area contributed by atoms with E-state index >= 15 is 0 Å². The number of halogens is 2. The van der Waals surface area contributed by atoms with Gasteiger partial charge in [-0.05, 0) is 43.0 Å². The van der Waals surface area contributed by atoms with Crippen molar-refractivity contribution in [3.63, 3.8) is 0 Å². The van der Waals surface area contributed by atoms with Gasteiger partial charge in [0, 0.05) is 0 Å². The zero-order chi connectivity index (χ0) is 10.3. The summed E-state index contributed by atoms with van der Waals surface area (Å²) in [5, 5.41) is 9.11. The summed E-state index contributed by atoms with van der Waals surface area (Å²) in [6.45, 7) is 1.86. The number of hydrogen-bond donors (Lipinski definition) is 0. The van der Waals surface area contributed by atoms with E-state index in [2.05, 4.69) is 6.07 Å². The van der Waals surface area contributed by atoms with Gasteiger partial charge >= 0.3 is 0 Å². The highest BCUT2D eigenvalue weighted by Crippen LogP contribution is 2.49. The quantitative estimate of drug-likeness (QED) is 0.696. The number of nitriles is 1. The van der Waals surface area contributed by atoms with Crippen LogP contribution in [-0.4, -0.2) is 0 Å². The van der Waals surface area contributed by atoms with E-state index in [1.807, 2.05) is 6.92 Å². The Labute approximate surface area is 87.1 Å². The molecule has 1 saturated carbocycles. The maximum atomic E-state index is 13.2. The van der Waals surface area contributed by atoms with Crippen molar-refractivity contribution in [1.82, 2.24) is 0 Å². The molecular weight excluding hydrogens is 201 g/mol. The SMILES string of the molecule is Cc1cc(Cl)c(F)cc1C1(C#N)CC1. The lowest BCUT2D eigenvalue weighted by Crippen LogP contribution is -2.05. The third-order valence-corrected chi connectivity index (χ3v) is 3.04. The summed E-state index contributed by atoms with van der Waals surface area (Å²) in [4.78, 5) is 0. The van der Waals surface area contributed by atoms with Crippen molar-refractivity contribution in [3.05, 3.63) is 34.1 Å². The molecule has 1 fully saturated rings. The Bertz CT molecular complexity index is 430. The predicted octanol–water partition coefficient (Wildman–Crippen LogP) is 3.34. The molecule has 1 aliphatic rings. The first-order valence-corrected chi connectivity index (χ1v) is 4.84. The van der Waals surface area contributed by atoms with Crippen molar-refractivity contribution in [2.75, 3.05) is 0 Å². The number of aryl methyl sites for hydroxylation is 1. The zero-order valence-corrected chi connectivity index (χ0v) is 8.53. The Balaban J connectivity index is 2.55. The van der Waals surface area contributed by atoms with Gasteiger partial charge in [-0.15, -0.1) is 0 Å². The highest BCUT2D eigenvalue weighted by Gasteiger charge is 2.46. The van der Waals surface area contributed by atoms with E-state index in [0.717, 1.165) is 24.0 Å². The van der Waals surface area contributed by atoms with Crippen LogP contribution in [0.3, 0.4) is 0 Å². The van der Waals surface area contributed by atoms with E-state index in [4.69, 9.17) is 16.9 Å². The molecule has 0 aromatic heterocycles. The topological polar surface area (TPSA) is 23.8 Å². The molecule has 0 aliphatic heterocycles. The summed E-state index contributed by atoms with van der Waals surface area (Å²) in [6, 6.07) is 5.23.